The fraction of sp³-hybridized carbons (Fsp3) is 0.786. The maximum absolute atomic E-state index is 5.79. The summed E-state index contributed by atoms with van der Waals surface area (Å²) in [5.41, 5.74) is 0. The van der Waals surface area contributed by atoms with E-state index in [4.69, 9.17) is 4.74 Å². The molecule has 0 unspecified atom stereocenters. The Hall–Kier alpha value is -0.250. The molecular formula is C28H49IO. The lowest BCUT2D eigenvalue weighted by molar-refractivity contribution is 0.304. The topological polar surface area (TPSA) is 9.23 Å². The van der Waals surface area contributed by atoms with Crippen molar-refractivity contribution in [3.05, 3.63) is 27.8 Å². The zero-order chi connectivity index (χ0) is 21.5. The molecule has 0 aromatic heterocycles. The summed E-state index contributed by atoms with van der Waals surface area (Å²) in [7, 11) is 0. The van der Waals surface area contributed by atoms with Crippen LogP contribution in [0, 0.1) is 3.57 Å². The lowest BCUT2D eigenvalue weighted by atomic mass is 10.0. The van der Waals surface area contributed by atoms with Crippen molar-refractivity contribution in [2.45, 2.75) is 135 Å². The van der Waals surface area contributed by atoms with E-state index in [1.807, 2.05) is 0 Å². The molecule has 174 valence electrons. The van der Waals surface area contributed by atoms with E-state index in [9.17, 15) is 0 Å². The van der Waals surface area contributed by atoms with E-state index in [1.165, 1.54) is 132 Å². The van der Waals surface area contributed by atoms with Crippen LogP contribution in [0.25, 0.3) is 0 Å². The molecule has 1 aromatic rings. The molecule has 0 saturated heterocycles. The van der Waals surface area contributed by atoms with Crippen molar-refractivity contribution in [2.75, 3.05) is 6.61 Å². The van der Waals surface area contributed by atoms with Gasteiger partial charge in [-0.3, -0.25) is 0 Å². The highest BCUT2D eigenvalue weighted by Crippen LogP contribution is 2.16. The van der Waals surface area contributed by atoms with Gasteiger partial charge in [0.2, 0.25) is 0 Å². The summed E-state index contributed by atoms with van der Waals surface area (Å²) in [5.74, 6) is 1.01. The first-order chi connectivity index (χ1) is 14.8. The van der Waals surface area contributed by atoms with Gasteiger partial charge in [-0.15, -0.1) is 0 Å². The summed E-state index contributed by atoms with van der Waals surface area (Å²) in [6.45, 7) is 3.16. The highest BCUT2D eigenvalue weighted by molar-refractivity contribution is 14.1. The minimum atomic E-state index is 0.861. The largest absolute Gasteiger partial charge is 0.494 e. The van der Waals surface area contributed by atoms with E-state index in [1.54, 1.807) is 0 Å². The number of unbranched alkanes of at least 4 members (excludes halogenated alkanes) is 19. The van der Waals surface area contributed by atoms with Crippen LogP contribution in [0.1, 0.15) is 135 Å². The van der Waals surface area contributed by atoms with Crippen molar-refractivity contribution in [2.24, 2.45) is 0 Å². The molecule has 0 fully saturated rings. The van der Waals surface area contributed by atoms with Crippen molar-refractivity contribution in [3.63, 3.8) is 0 Å². The SMILES string of the molecule is CCCCCCCCCCCCCCCCCCCCCCOc1ccc(I)cc1. The van der Waals surface area contributed by atoms with E-state index < -0.39 is 0 Å². The Kier molecular flexibility index (Phi) is 20.3. The number of hydrogen-bond donors (Lipinski definition) is 0. The van der Waals surface area contributed by atoms with Crippen molar-refractivity contribution < 1.29 is 4.74 Å². The molecule has 2 heteroatoms. The van der Waals surface area contributed by atoms with E-state index in [0.29, 0.717) is 0 Å². The van der Waals surface area contributed by atoms with E-state index in [0.717, 1.165) is 12.4 Å². The van der Waals surface area contributed by atoms with Gasteiger partial charge in [-0.25, -0.2) is 0 Å². The van der Waals surface area contributed by atoms with Gasteiger partial charge in [0.1, 0.15) is 5.75 Å². The van der Waals surface area contributed by atoms with Crippen LogP contribution < -0.4 is 4.74 Å². The summed E-state index contributed by atoms with van der Waals surface area (Å²) in [5, 5.41) is 0. The van der Waals surface area contributed by atoms with Crippen LogP contribution in [0.15, 0.2) is 24.3 Å². The third-order valence-electron chi connectivity index (χ3n) is 6.08. The lowest BCUT2D eigenvalue weighted by Crippen LogP contribution is -1.97. The maximum atomic E-state index is 5.79. The quantitative estimate of drug-likeness (QED) is 0.107. The van der Waals surface area contributed by atoms with Crippen LogP contribution in [0.3, 0.4) is 0 Å². The van der Waals surface area contributed by atoms with Gasteiger partial charge >= 0.3 is 0 Å². The Morgan fingerprint density at radius 3 is 1.20 bits per heavy atom. The first-order valence-corrected chi connectivity index (χ1v) is 14.3. The lowest BCUT2D eigenvalue weighted by Gasteiger charge is -2.06. The molecule has 0 N–H and O–H groups in total. The van der Waals surface area contributed by atoms with Crippen LogP contribution in [0.5, 0.6) is 5.75 Å². The molecule has 0 radical (unpaired) electrons. The van der Waals surface area contributed by atoms with E-state index >= 15 is 0 Å². The Morgan fingerprint density at radius 2 is 0.833 bits per heavy atom. The second-order valence-electron chi connectivity index (χ2n) is 9.02. The van der Waals surface area contributed by atoms with Gasteiger partial charge in [0.25, 0.3) is 0 Å². The highest BCUT2D eigenvalue weighted by Gasteiger charge is 1.97. The third-order valence-corrected chi connectivity index (χ3v) is 6.80. The molecule has 0 spiro atoms. The van der Waals surface area contributed by atoms with Crippen LogP contribution in [-0.2, 0) is 0 Å². The number of rotatable bonds is 22. The van der Waals surface area contributed by atoms with Gasteiger partial charge < -0.3 is 4.74 Å². The molecule has 0 heterocycles. The summed E-state index contributed by atoms with van der Waals surface area (Å²) in [4.78, 5) is 0. The average molecular weight is 529 g/mol. The second kappa shape index (κ2) is 22.0. The summed E-state index contributed by atoms with van der Waals surface area (Å²) < 4.78 is 7.06. The summed E-state index contributed by atoms with van der Waals surface area (Å²) >= 11 is 2.33. The first kappa shape index (κ1) is 27.8. The minimum absolute atomic E-state index is 0.861. The minimum Gasteiger partial charge on any atom is -0.494 e. The molecule has 1 aromatic carbocycles. The van der Waals surface area contributed by atoms with Gasteiger partial charge in [0.05, 0.1) is 6.61 Å². The summed E-state index contributed by atoms with van der Waals surface area (Å²) in [6.07, 6.45) is 28.6. The smallest absolute Gasteiger partial charge is 0.119 e. The molecule has 0 bridgehead atoms. The van der Waals surface area contributed by atoms with Crippen molar-refractivity contribution >= 4 is 22.6 Å². The van der Waals surface area contributed by atoms with Crippen LogP contribution in [0.2, 0.25) is 0 Å². The Morgan fingerprint density at radius 1 is 0.500 bits per heavy atom. The molecule has 1 nitrogen and oxygen atoms in total. The normalized spacial score (nSPS) is 11.1. The van der Waals surface area contributed by atoms with E-state index in [-0.39, 0.29) is 0 Å². The first-order valence-electron chi connectivity index (χ1n) is 13.2. The standard InChI is InChI=1S/C28H49IO/c1-2-3-4-5-6-7-8-9-10-11-12-13-14-15-16-17-18-19-20-21-26-30-28-24-22-27(29)23-25-28/h22-25H,2-21,26H2,1H3. The number of hydrogen-bond acceptors (Lipinski definition) is 1. The molecule has 0 saturated carbocycles. The predicted octanol–water partition coefficient (Wildman–Crippen LogP) is 10.5. The Bertz CT molecular complexity index is 456. The fourth-order valence-electron chi connectivity index (χ4n) is 4.08. The summed E-state index contributed by atoms with van der Waals surface area (Å²) in [6, 6.07) is 8.34. The van der Waals surface area contributed by atoms with Gasteiger partial charge in [-0.05, 0) is 53.3 Å². The van der Waals surface area contributed by atoms with Crippen LogP contribution in [-0.4, -0.2) is 6.61 Å². The zero-order valence-corrected chi connectivity index (χ0v) is 22.1. The molecule has 1 rings (SSSR count). The molecule has 0 aliphatic carbocycles. The van der Waals surface area contributed by atoms with E-state index in [2.05, 4.69) is 53.8 Å². The Balaban J connectivity index is 1.68. The molecule has 0 amide bonds. The average Bonchev–Trinajstić information content (AvgIpc) is 2.76. The van der Waals surface area contributed by atoms with Gasteiger partial charge in [-0.1, -0.05) is 129 Å². The van der Waals surface area contributed by atoms with Gasteiger partial charge in [-0.2, -0.15) is 0 Å². The van der Waals surface area contributed by atoms with Crippen molar-refractivity contribution in [3.8, 4) is 5.75 Å². The predicted molar refractivity (Wildman–Crippen MR) is 143 cm³/mol. The van der Waals surface area contributed by atoms with Crippen LogP contribution >= 0.6 is 22.6 Å². The number of halogens is 1. The molecule has 30 heavy (non-hydrogen) atoms. The number of ether oxygens (including phenoxy) is 1. The molecule has 0 aliphatic rings. The zero-order valence-electron chi connectivity index (χ0n) is 19.9. The maximum Gasteiger partial charge on any atom is 0.119 e. The number of benzene rings is 1. The van der Waals surface area contributed by atoms with Crippen LogP contribution in [0.4, 0.5) is 0 Å². The highest BCUT2D eigenvalue weighted by atomic mass is 127. The fourth-order valence-corrected chi connectivity index (χ4v) is 4.44. The third kappa shape index (κ3) is 18.5. The van der Waals surface area contributed by atoms with Crippen molar-refractivity contribution in [1.82, 2.24) is 0 Å². The monoisotopic (exact) mass is 528 g/mol. The van der Waals surface area contributed by atoms with Crippen molar-refractivity contribution in [1.29, 1.82) is 0 Å². The second-order valence-corrected chi connectivity index (χ2v) is 10.3. The Labute approximate surface area is 202 Å². The van der Waals surface area contributed by atoms with Gasteiger partial charge in [0, 0.05) is 3.57 Å². The van der Waals surface area contributed by atoms with Gasteiger partial charge in [0.15, 0.2) is 0 Å². The molecular weight excluding hydrogens is 479 g/mol. The molecule has 0 atom stereocenters. The molecule has 0 aliphatic heterocycles.